The summed E-state index contributed by atoms with van der Waals surface area (Å²) in [5.41, 5.74) is 0. The van der Waals surface area contributed by atoms with Crippen molar-refractivity contribution in [1.82, 2.24) is 20.2 Å². The predicted octanol–water partition coefficient (Wildman–Crippen LogP) is -3.07. The smallest absolute Gasteiger partial charge is 0.183 e. The van der Waals surface area contributed by atoms with Crippen molar-refractivity contribution < 1.29 is 20.4 Å². The van der Waals surface area contributed by atoms with E-state index >= 15 is 0 Å². The molecule has 0 saturated heterocycles. The van der Waals surface area contributed by atoms with E-state index in [1.165, 1.54) is 0 Å². The van der Waals surface area contributed by atoms with Gasteiger partial charge >= 0.3 is 0 Å². The summed E-state index contributed by atoms with van der Waals surface area (Å²) in [7, 11) is 0. The van der Waals surface area contributed by atoms with Crippen molar-refractivity contribution >= 4 is 0 Å². The number of fused-ring (bicyclic) bond motifs is 1. The summed E-state index contributed by atoms with van der Waals surface area (Å²) in [5, 5.41) is 46.5. The van der Waals surface area contributed by atoms with Crippen molar-refractivity contribution in [3.8, 4) is 0 Å². The number of hydrogen-bond acceptors (Lipinski definition) is 7. The van der Waals surface area contributed by atoms with Crippen molar-refractivity contribution in [1.29, 1.82) is 0 Å². The molecule has 72 valence electrons. The number of aliphatic hydroxyl groups excluding tert-OH is 3. The molecule has 1 aliphatic heterocycles. The van der Waals surface area contributed by atoms with Gasteiger partial charge in [-0.25, -0.2) is 4.68 Å². The minimum absolute atomic E-state index is 0.0330. The molecule has 1 aromatic heterocycles. The van der Waals surface area contributed by atoms with E-state index in [1.54, 1.807) is 0 Å². The number of rotatable bonds is 1. The Kier molecular flexibility index (Phi) is 1.77. The summed E-state index contributed by atoms with van der Waals surface area (Å²) >= 11 is 0. The molecule has 0 aliphatic carbocycles. The van der Waals surface area contributed by atoms with Gasteiger partial charge < -0.3 is 20.4 Å². The zero-order valence-corrected chi connectivity index (χ0v) is 6.39. The van der Waals surface area contributed by atoms with E-state index in [4.69, 9.17) is 10.2 Å². The molecule has 4 N–H and O–H groups in total. The lowest BCUT2D eigenvalue weighted by Gasteiger charge is -2.17. The summed E-state index contributed by atoms with van der Waals surface area (Å²) in [5.74, 6) is 0.0330. The summed E-state index contributed by atoms with van der Waals surface area (Å²) < 4.78 is 1.000. The van der Waals surface area contributed by atoms with Crippen LogP contribution in [0.3, 0.4) is 0 Å². The fourth-order valence-corrected chi connectivity index (χ4v) is 1.39. The molecule has 3 atom stereocenters. The van der Waals surface area contributed by atoms with Crippen LogP contribution in [0.1, 0.15) is 18.0 Å². The Hall–Kier alpha value is -1.09. The Morgan fingerprint density at radius 1 is 1.31 bits per heavy atom. The van der Waals surface area contributed by atoms with E-state index in [0.717, 1.165) is 4.68 Å². The highest BCUT2D eigenvalue weighted by atomic mass is 16.5. The average Bonchev–Trinajstić information content (AvgIpc) is 2.57. The number of aliphatic hydroxyl groups is 4. The highest BCUT2D eigenvalue weighted by Crippen LogP contribution is 2.33. The Labute approximate surface area is 72.0 Å². The van der Waals surface area contributed by atoms with E-state index in [9.17, 15) is 10.2 Å². The minimum atomic E-state index is -1.81. The second-order valence-electron chi connectivity index (χ2n) is 2.82. The van der Waals surface area contributed by atoms with Gasteiger partial charge in [0.05, 0.1) is 0 Å². The molecule has 0 radical (unpaired) electrons. The van der Waals surface area contributed by atoms with Crippen LogP contribution in [0, 0.1) is 0 Å². The Morgan fingerprint density at radius 3 is 2.62 bits per heavy atom. The van der Waals surface area contributed by atoms with Crippen molar-refractivity contribution in [3.63, 3.8) is 0 Å². The lowest BCUT2D eigenvalue weighted by molar-refractivity contribution is -0.121. The average molecular weight is 188 g/mol. The number of tetrazole rings is 1. The summed E-state index contributed by atoms with van der Waals surface area (Å²) in [6, 6.07) is -1.11. The predicted molar refractivity (Wildman–Crippen MR) is 36.0 cm³/mol. The van der Waals surface area contributed by atoms with Crippen molar-refractivity contribution in [2.75, 3.05) is 0 Å². The van der Waals surface area contributed by atoms with E-state index in [0.29, 0.717) is 0 Å². The monoisotopic (exact) mass is 188 g/mol. The van der Waals surface area contributed by atoms with Crippen LogP contribution < -0.4 is 0 Å². The molecular formula is C5H8N4O4. The van der Waals surface area contributed by atoms with Gasteiger partial charge in [-0.15, -0.1) is 5.10 Å². The zero-order valence-electron chi connectivity index (χ0n) is 6.39. The van der Waals surface area contributed by atoms with E-state index in [-0.39, 0.29) is 5.82 Å². The van der Waals surface area contributed by atoms with Crippen LogP contribution >= 0.6 is 0 Å². The van der Waals surface area contributed by atoms with E-state index in [2.05, 4.69) is 15.5 Å². The van der Waals surface area contributed by atoms with Gasteiger partial charge in [-0.3, -0.25) is 0 Å². The first-order valence-electron chi connectivity index (χ1n) is 3.63. The van der Waals surface area contributed by atoms with Crippen molar-refractivity contribution in [2.24, 2.45) is 0 Å². The molecule has 0 saturated carbocycles. The fraction of sp³-hybridized carbons (Fsp3) is 0.800. The van der Waals surface area contributed by atoms with Crippen LogP contribution in [0.15, 0.2) is 0 Å². The Bertz CT molecular complexity index is 313. The molecule has 0 amide bonds. The second kappa shape index (κ2) is 2.70. The maximum absolute atomic E-state index is 9.34. The van der Waals surface area contributed by atoms with Gasteiger partial charge in [0.15, 0.2) is 12.1 Å². The van der Waals surface area contributed by atoms with Gasteiger partial charge in [0.25, 0.3) is 0 Å². The zero-order chi connectivity index (χ0) is 9.59. The molecule has 3 unspecified atom stereocenters. The normalized spacial score (nSPS) is 32.5. The molecule has 2 rings (SSSR count). The molecule has 2 heterocycles. The topological polar surface area (TPSA) is 125 Å². The third kappa shape index (κ3) is 1.04. The van der Waals surface area contributed by atoms with E-state index < -0.39 is 24.5 Å². The van der Waals surface area contributed by atoms with Gasteiger partial charge in [0.2, 0.25) is 0 Å². The summed E-state index contributed by atoms with van der Waals surface area (Å²) in [4.78, 5) is 0. The van der Waals surface area contributed by atoms with Crippen LogP contribution in [0.2, 0.25) is 0 Å². The van der Waals surface area contributed by atoms with Crippen LogP contribution in [-0.4, -0.2) is 53.0 Å². The highest BCUT2D eigenvalue weighted by molar-refractivity contribution is 5.04. The summed E-state index contributed by atoms with van der Waals surface area (Å²) in [6.45, 7) is 0. The maximum Gasteiger partial charge on any atom is 0.183 e. The first-order chi connectivity index (χ1) is 6.13. The SMILES string of the molecule is OC(O)C1C(O)C(O)c2nnnn21. The molecule has 0 aromatic carbocycles. The third-order valence-corrected chi connectivity index (χ3v) is 2.04. The lowest BCUT2D eigenvalue weighted by Crippen LogP contribution is -2.31. The largest absolute Gasteiger partial charge is 0.387 e. The molecule has 13 heavy (non-hydrogen) atoms. The molecule has 0 bridgehead atoms. The minimum Gasteiger partial charge on any atom is -0.387 e. The first-order valence-corrected chi connectivity index (χ1v) is 3.63. The maximum atomic E-state index is 9.34. The van der Waals surface area contributed by atoms with Crippen LogP contribution in [0.5, 0.6) is 0 Å². The molecule has 0 spiro atoms. The van der Waals surface area contributed by atoms with E-state index in [1.807, 2.05) is 0 Å². The van der Waals surface area contributed by atoms with Crippen LogP contribution in [0.25, 0.3) is 0 Å². The lowest BCUT2D eigenvalue weighted by atomic mass is 10.1. The molecule has 0 fully saturated rings. The summed E-state index contributed by atoms with van der Waals surface area (Å²) in [6.07, 6.45) is -4.41. The number of hydrogen-bond donors (Lipinski definition) is 4. The first kappa shape index (κ1) is 8.51. The molecule has 8 nitrogen and oxygen atoms in total. The van der Waals surface area contributed by atoms with Gasteiger partial charge in [-0.2, -0.15) is 0 Å². The molecule has 1 aliphatic rings. The standard InChI is InChI=1S/C5H8N4O4/c10-2-1(5(12)13)9-4(3(2)11)6-7-8-9/h1-3,5,10-13H. The number of aromatic nitrogens is 4. The van der Waals surface area contributed by atoms with Crippen molar-refractivity contribution in [3.05, 3.63) is 5.82 Å². The molecule has 8 heteroatoms. The van der Waals surface area contributed by atoms with Crippen LogP contribution in [-0.2, 0) is 0 Å². The highest BCUT2D eigenvalue weighted by Gasteiger charge is 2.44. The van der Waals surface area contributed by atoms with Gasteiger partial charge in [0, 0.05) is 0 Å². The number of nitrogens with zero attached hydrogens (tertiary/aromatic N) is 4. The molecular weight excluding hydrogens is 180 g/mol. The van der Waals surface area contributed by atoms with Gasteiger partial charge in [-0.05, 0) is 10.4 Å². The van der Waals surface area contributed by atoms with Gasteiger partial charge in [-0.1, -0.05) is 0 Å². The Morgan fingerprint density at radius 2 is 2.00 bits per heavy atom. The Balaban J connectivity index is 2.42. The van der Waals surface area contributed by atoms with Crippen molar-refractivity contribution in [2.45, 2.75) is 24.5 Å². The van der Waals surface area contributed by atoms with Crippen LogP contribution in [0.4, 0.5) is 0 Å². The molecule has 1 aromatic rings. The third-order valence-electron chi connectivity index (χ3n) is 2.04. The second-order valence-corrected chi connectivity index (χ2v) is 2.82. The quantitative estimate of drug-likeness (QED) is 0.345. The fourth-order valence-electron chi connectivity index (χ4n) is 1.39. The van der Waals surface area contributed by atoms with Gasteiger partial charge in [0.1, 0.15) is 18.2 Å².